The van der Waals surface area contributed by atoms with Crippen molar-refractivity contribution in [1.82, 2.24) is 9.80 Å². The van der Waals surface area contributed by atoms with Crippen LogP contribution in [0, 0.1) is 6.92 Å². The molecule has 0 spiro atoms. The van der Waals surface area contributed by atoms with Crippen molar-refractivity contribution in [2.24, 2.45) is 0 Å². The topological polar surface area (TPSA) is 61.9 Å². The van der Waals surface area contributed by atoms with E-state index in [0.29, 0.717) is 17.8 Å². The molecule has 2 aliphatic rings. The van der Waals surface area contributed by atoms with Gasteiger partial charge in [0, 0.05) is 36.7 Å². The van der Waals surface area contributed by atoms with Crippen molar-refractivity contribution in [3.8, 4) is 0 Å². The highest BCUT2D eigenvalue weighted by atomic mass is 32.1. The molecule has 1 aromatic carbocycles. The molecule has 2 aromatic rings. The minimum atomic E-state index is -0.247. The van der Waals surface area contributed by atoms with Gasteiger partial charge in [-0.25, -0.2) is 0 Å². The number of hydrogen-bond acceptors (Lipinski definition) is 6. The van der Waals surface area contributed by atoms with Crippen LogP contribution in [0.3, 0.4) is 0 Å². The molecule has 1 fully saturated rings. The maximum Gasteiger partial charge on any atom is 0.278 e. The number of morpholine rings is 1. The summed E-state index contributed by atoms with van der Waals surface area (Å²) in [5.74, 6) is -0.459. The molecule has 1 saturated heterocycles. The predicted octanol–water partition coefficient (Wildman–Crippen LogP) is 2.97. The number of nitrogens with one attached hydrogen (secondary N) is 1. The quantitative estimate of drug-likeness (QED) is 0.710. The van der Waals surface area contributed by atoms with Gasteiger partial charge >= 0.3 is 0 Å². The van der Waals surface area contributed by atoms with Gasteiger partial charge < -0.3 is 10.1 Å². The largest absolute Gasteiger partial charge is 0.379 e. The second-order valence-corrected chi connectivity index (χ2v) is 8.18. The Balaban J connectivity index is 1.52. The van der Waals surface area contributed by atoms with E-state index in [4.69, 9.17) is 4.74 Å². The molecule has 1 aromatic heterocycles. The molecular weight excluding hydrogens is 386 g/mol. The van der Waals surface area contributed by atoms with Gasteiger partial charge in [0.1, 0.15) is 5.70 Å². The summed E-state index contributed by atoms with van der Waals surface area (Å²) in [7, 11) is 0. The second-order valence-electron chi connectivity index (χ2n) is 7.24. The van der Waals surface area contributed by atoms with Gasteiger partial charge in [-0.05, 0) is 36.4 Å². The van der Waals surface area contributed by atoms with Gasteiger partial charge in [-0.3, -0.25) is 19.4 Å². The average Bonchev–Trinajstić information content (AvgIpc) is 3.33. The number of imide groups is 1. The molecule has 1 N–H and O–H groups in total. The molecule has 152 valence electrons. The maximum absolute atomic E-state index is 13.2. The molecule has 2 amide bonds. The number of ether oxygens (including phenoxy) is 1. The minimum absolute atomic E-state index is 0.212. The van der Waals surface area contributed by atoms with Gasteiger partial charge in [0.15, 0.2) is 0 Å². The monoisotopic (exact) mass is 411 g/mol. The third kappa shape index (κ3) is 4.27. The van der Waals surface area contributed by atoms with E-state index in [1.165, 1.54) is 16.2 Å². The summed E-state index contributed by atoms with van der Waals surface area (Å²) >= 11 is 1.47. The van der Waals surface area contributed by atoms with Crippen molar-refractivity contribution in [3.05, 3.63) is 57.9 Å². The van der Waals surface area contributed by atoms with Gasteiger partial charge in [-0.2, -0.15) is 0 Å². The number of para-hydroxylation sites is 1. The lowest BCUT2D eigenvalue weighted by Gasteiger charge is -2.27. The molecule has 0 saturated carbocycles. The molecule has 6 nitrogen and oxygen atoms in total. The molecule has 3 heterocycles. The standard InChI is InChI=1S/C22H25N3O3S/c1-16-6-2-3-7-17(16)23-20-19(18-8-4-15-29-18)21(26)25(22(20)27)10-5-9-24-11-13-28-14-12-24/h2-4,6-8,15,23H,5,9-14H2,1H3. The fourth-order valence-corrected chi connectivity index (χ4v) is 4.44. The van der Waals surface area contributed by atoms with Gasteiger partial charge in [0.05, 0.1) is 18.8 Å². The number of nitrogens with zero attached hydrogens (tertiary/aromatic N) is 2. The number of thiophene rings is 1. The Morgan fingerprint density at radius 2 is 1.83 bits per heavy atom. The van der Waals surface area contributed by atoms with E-state index in [2.05, 4.69) is 10.2 Å². The number of benzene rings is 1. The number of carbonyl (C=O) groups is 2. The molecule has 29 heavy (non-hydrogen) atoms. The van der Waals surface area contributed by atoms with Crippen LogP contribution in [-0.4, -0.2) is 61.0 Å². The average molecular weight is 412 g/mol. The molecule has 7 heteroatoms. The molecule has 0 aliphatic carbocycles. The first-order chi connectivity index (χ1) is 14.1. The van der Waals surface area contributed by atoms with Crippen molar-refractivity contribution in [2.75, 3.05) is 44.7 Å². The van der Waals surface area contributed by atoms with Crippen molar-refractivity contribution < 1.29 is 14.3 Å². The van der Waals surface area contributed by atoms with Crippen molar-refractivity contribution in [2.45, 2.75) is 13.3 Å². The van der Waals surface area contributed by atoms with Crippen LogP contribution in [0.2, 0.25) is 0 Å². The Morgan fingerprint density at radius 1 is 1.03 bits per heavy atom. The van der Waals surface area contributed by atoms with Crippen molar-refractivity contribution in [3.63, 3.8) is 0 Å². The Kier molecular flexibility index (Phi) is 6.08. The summed E-state index contributed by atoms with van der Waals surface area (Å²) < 4.78 is 5.38. The number of aryl methyl sites for hydroxylation is 1. The highest BCUT2D eigenvalue weighted by Crippen LogP contribution is 2.33. The summed E-state index contributed by atoms with van der Waals surface area (Å²) in [4.78, 5) is 30.9. The van der Waals surface area contributed by atoms with Gasteiger partial charge in [-0.1, -0.05) is 24.3 Å². The summed E-state index contributed by atoms with van der Waals surface area (Å²) in [5, 5.41) is 5.17. The van der Waals surface area contributed by atoms with Crippen molar-refractivity contribution >= 4 is 34.4 Å². The van der Waals surface area contributed by atoms with Gasteiger partial charge in [0.25, 0.3) is 11.8 Å². The van der Waals surface area contributed by atoms with Crippen LogP contribution in [0.4, 0.5) is 5.69 Å². The van der Waals surface area contributed by atoms with E-state index in [-0.39, 0.29) is 11.8 Å². The molecule has 4 rings (SSSR count). The zero-order chi connectivity index (χ0) is 20.2. The van der Waals surface area contributed by atoms with E-state index in [0.717, 1.165) is 55.4 Å². The van der Waals surface area contributed by atoms with Crippen molar-refractivity contribution in [1.29, 1.82) is 0 Å². The minimum Gasteiger partial charge on any atom is -0.379 e. The summed E-state index contributed by atoms with van der Waals surface area (Å²) in [5.41, 5.74) is 2.71. The first-order valence-corrected chi connectivity index (χ1v) is 10.8. The molecule has 2 aliphatic heterocycles. The Bertz CT molecular complexity index is 917. The van der Waals surface area contributed by atoms with Gasteiger partial charge in [0.2, 0.25) is 0 Å². The van der Waals surface area contributed by atoms with Crippen LogP contribution in [0.5, 0.6) is 0 Å². The molecule has 0 atom stereocenters. The summed E-state index contributed by atoms with van der Waals surface area (Å²) in [6.07, 6.45) is 0.757. The lowest BCUT2D eigenvalue weighted by atomic mass is 10.1. The SMILES string of the molecule is Cc1ccccc1NC1=C(c2cccs2)C(=O)N(CCCN2CCOCC2)C1=O. The maximum atomic E-state index is 13.2. The third-order valence-electron chi connectivity index (χ3n) is 5.30. The first-order valence-electron chi connectivity index (χ1n) is 9.92. The third-order valence-corrected chi connectivity index (χ3v) is 6.19. The smallest absolute Gasteiger partial charge is 0.278 e. The zero-order valence-electron chi connectivity index (χ0n) is 16.5. The van der Waals surface area contributed by atoms with Gasteiger partial charge in [-0.15, -0.1) is 11.3 Å². The normalized spacial score (nSPS) is 18.0. The van der Waals surface area contributed by atoms with E-state index >= 15 is 0 Å². The van der Waals surface area contributed by atoms with E-state index in [1.54, 1.807) is 0 Å². The van der Waals surface area contributed by atoms with Crippen LogP contribution < -0.4 is 5.32 Å². The Hall–Kier alpha value is -2.48. The molecular formula is C22H25N3O3S. The lowest BCUT2D eigenvalue weighted by molar-refractivity contribution is -0.136. The summed E-state index contributed by atoms with van der Waals surface area (Å²) in [6.45, 7) is 6.56. The molecule has 0 unspecified atom stereocenters. The predicted molar refractivity (Wildman–Crippen MR) is 115 cm³/mol. The van der Waals surface area contributed by atoms with E-state index in [1.807, 2.05) is 48.7 Å². The highest BCUT2D eigenvalue weighted by Gasteiger charge is 2.39. The lowest BCUT2D eigenvalue weighted by Crippen LogP contribution is -2.39. The van der Waals surface area contributed by atoms with Crippen LogP contribution in [0.15, 0.2) is 47.5 Å². The Morgan fingerprint density at radius 3 is 2.55 bits per heavy atom. The Labute approximate surface area is 174 Å². The van der Waals surface area contributed by atoms with E-state index < -0.39 is 0 Å². The highest BCUT2D eigenvalue weighted by molar-refractivity contribution is 7.11. The number of amides is 2. The number of carbonyl (C=O) groups excluding carboxylic acids is 2. The zero-order valence-corrected chi connectivity index (χ0v) is 17.3. The molecule has 0 radical (unpaired) electrons. The van der Waals surface area contributed by atoms with Crippen LogP contribution >= 0.6 is 11.3 Å². The summed E-state index contributed by atoms with van der Waals surface area (Å²) in [6, 6.07) is 11.6. The number of anilines is 1. The van der Waals surface area contributed by atoms with Crippen LogP contribution in [0.1, 0.15) is 16.9 Å². The fraction of sp³-hybridized carbons (Fsp3) is 0.364. The molecule has 0 bridgehead atoms. The van der Waals surface area contributed by atoms with E-state index in [9.17, 15) is 9.59 Å². The van der Waals surface area contributed by atoms with Crippen LogP contribution in [0.25, 0.3) is 5.57 Å². The number of hydrogen-bond donors (Lipinski definition) is 1. The second kappa shape index (κ2) is 8.90. The fourth-order valence-electron chi connectivity index (χ4n) is 3.67. The number of rotatable bonds is 7. The van der Waals surface area contributed by atoms with Crippen LogP contribution in [-0.2, 0) is 14.3 Å². The first kappa shape index (κ1) is 19.8.